The molecule has 2 rings (SSSR count). The lowest BCUT2D eigenvalue weighted by Crippen LogP contribution is -2.36. The number of ether oxygens (including phenoxy) is 1. The van der Waals surface area contributed by atoms with Gasteiger partial charge in [-0.3, -0.25) is 9.59 Å². The Morgan fingerprint density at radius 1 is 1.36 bits per heavy atom. The van der Waals surface area contributed by atoms with Gasteiger partial charge >= 0.3 is 5.97 Å². The van der Waals surface area contributed by atoms with Gasteiger partial charge in [0.25, 0.3) is 5.91 Å². The molecule has 1 aromatic carbocycles. The Hall–Kier alpha value is -2.37. The second kappa shape index (κ2) is 7.06. The van der Waals surface area contributed by atoms with Gasteiger partial charge in [-0.05, 0) is 32.4 Å². The van der Waals surface area contributed by atoms with Gasteiger partial charge in [-0.25, -0.2) is 4.79 Å². The lowest BCUT2D eigenvalue weighted by molar-refractivity contribution is -0.129. The maximum Gasteiger partial charge on any atom is 0.341 e. The molecule has 22 heavy (non-hydrogen) atoms. The molecule has 1 saturated heterocycles. The van der Waals surface area contributed by atoms with Crippen molar-refractivity contribution in [2.75, 3.05) is 18.0 Å². The van der Waals surface area contributed by atoms with Crippen molar-refractivity contribution in [3.63, 3.8) is 0 Å². The van der Waals surface area contributed by atoms with Crippen LogP contribution in [0.1, 0.15) is 37.0 Å². The molecule has 6 heteroatoms. The average molecular weight is 304 g/mol. The fourth-order valence-electron chi connectivity index (χ4n) is 2.38. The quantitative estimate of drug-likeness (QED) is 0.836. The highest BCUT2D eigenvalue weighted by molar-refractivity contribution is 6.04. The normalized spacial score (nSPS) is 15.5. The molecular weight excluding hydrogens is 284 g/mol. The van der Waals surface area contributed by atoms with E-state index >= 15 is 0 Å². The van der Waals surface area contributed by atoms with Crippen LogP contribution in [-0.2, 0) is 14.3 Å². The predicted octanol–water partition coefficient (Wildman–Crippen LogP) is 1.49. The van der Waals surface area contributed by atoms with E-state index in [2.05, 4.69) is 5.32 Å². The van der Waals surface area contributed by atoms with Gasteiger partial charge in [-0.1, -0.05) is 12.1 Å². The Morgan fingerprint density at radius 2 is 2.09 bits per heavy atom. The number of rotatable bonds is 5. The Kier molecular flexibility index (Phi) is 5.14. The number of nitrogens with one attached hydrogen (secondary N) is 1. The number of para-hydroxylation sites is 1. The number of carbonyl (C=O) groups excluding carboxylic acids is 3. The smallest absolute Gasteiger partial charge is 0.341 e. The highest BCUT2D eigenvalue weighted by atomic mass is 16.5. The largest absolute Gasteiger partial charge is 0.449 e. The fraction of sp³-hybridized carbons (Fsp3) is 0.438. The van der Waals surface area contributed by atoms with Crippen LogP contribution in [0.15, 0.2) is 24.3 Å². The zero-order valence-corrected chi connectivity index (χ0v) is 12.8. The molecule has 0 aliphatic carbocycles. The molecule has 1 aliphatic heterocycles. The molecule has 2 amide bonds. The van der Waals surface area contributed by atoms with E-state index < -0.39 is 12.1 Å². The van der Waals surface area contributed by atoms with Crippen molar-refractivity contribution in [2.45, 2.75) is 32.8 Å². The van der Waals surface area contributed by atoms with Gasteiger partial charge in [-0.2, -0.15) is 0 Å². The fourth-order valence-corrected chi connectivity index (χ4v) is 2.38. The highest BCUT2D eigenvalue weighted by Crippen LogP contribution is 2.26. The van der Waals surface area contributed by atoms with Crippen LogP contribution < -0.4 is 10.2 Å². The van der Waals surface area contributed by atoms with Crippen LogP contribution >= 0.6 is 0 Å². The molecule has 0 bridgehead atoms. The number of hydrogen-bond acceptors (Lipinski definition) is 4. The third-order valence-electron chi connectivity index (χ3n) is 3.49. The monoisotopic (exact) mass is 304 g/mol. The SMILES string of the molecule is CCNC(=O)[C@@H](C)OC(=O)c1ccccc1N1CCCC1=O. The predicted molar refractivity (Wildman–Crippen MR) is 81.6 cm³/mol. The lowest BCUT2D eigenvalue weighted by Gasteiger charge is -2.20. The summed E-state index contributed by atoms with van der Waals surface area (Å²) >= 11 is 0. The van der Waals surface area contributed by atoms with E-state index in [9.17, 15) is 14.4 Å². The van der Waals surface area contributed by atoms with Crippen molar-refractivity contribution in [1.29, 1.82) is 0 Å². The van der Waals surface area contributed by atoms with Crippen LogP contribution in [0.3, 0.4) is 0 Å². The standard InChI is InChI=1S/C16H20N2O4/c1-3-17-15(20)11(2)22-16(21)12-7-4-5-8-13(12)18-10-6-9-14(18)19/h4-5,7-8,11H,3,6,9-10H2,1-2H3,(H,17,20)/t11-/m1/s1. The van der Waals surface area contributed by atoms with Crippen molar-refractivity contribution < 1.29 is 19.1 Å². The van der Waals surface area contributed by atoms with E-state index in [-0.39, 0.29) is 11.8 Å². The molecule has 118 valence electrons. The van der Waals surface area contributed by atoms with Gasteiger partial charge in [-0.15, -0.1) is 0 Å². The summed E-state index contributed by atoms with van der Waals surface area (Å²) in [4.78, 5) is 37.4. The van der Waals surface area contributed by atoms with Crippen molar-refractivity contribution in [3.05, 3.63) is 29.8 Å². The van der Waals surface area contributed by atoms with E-state index in [4.69, 9.17) is 4.74 Å². The molecule has 1 aliphatic rings. The van der Waals surface area contributed by atoms with Crippen LogP contribution in [-0.4, -0.2) is 37.0 Å². The summed E-state index contributed by atoms with van der Waals surface area (Å²) in [5.74, 6) is -0.948. The maximum absolute atomic E-state index is 12.3. The summed E-state index contributed by atoms with van der Waals surface area (Å²) < 4.78 is 5.20. The molecule has 0 aromatic heterocycles. The number of likely N-dealkylation sites (N-methyl/N-ethyl adjacent to an activating group) is 1. The summed E-state index contributed by atoms with van der Waals surface area (Å²) in [5.41, 5.74) is 0.840. The van der Waals surface area contributed by atoms with Gasteiger partial charge in [0.2, 0.25) is 5.91 Å². The Bertz CT molecular complexity index is 585. The van der Waals surface area contributed by atoms with E-state index in [0.29, 0.717) is 30.8 Å². The van der Waals surface area contributed by atoms with Crippen molar-refractivity contribution in [1.82, 2.24) is 5.32 Å². The van der Waals surface area contributed by atoms with Crippen LogP contribution in [0.5, 0.6) is 0 Å². The first kappa shape index (κ1) is 16.0. The van der Waals surface area contributed by atoms with Crippen molar-refractivity contribution in [3.8, 4) is 0 Å². The average Bonchev–Trinajstić information content (AvgIpc) is 2.93. The maximum atomic E-state index is 12.3. The number of amides is 2. The molecule has 1 atom stereocenters. The third-order valence-corrected chi connectivity index (χ3v) is 3.49. The van der Waals surface area contributed by atoms with Gasteiger partial charge in [0.1, 0.15) is 0 Å². The minimum Gasteiger partial charge on any atom is -0.449 e. The summed E-state index contributed by atoms with van der Waals surface area (Å²) in [5, 5.41) is 2.60. The molecule has 1 N–H and O–H groups in total. The molecule has 1 fully saturated rings. The zero-order valence-electron chi connectivity index (χ0n) is 12.8. The van der Waals surface area contributed by atoms with Crippen LogP contribution in [0.25, 0.3) is 0 Å². The van der Waals surface area contributed by atoms with Crippen molar-refractivity contribution >= 4 is 23.5 Å². The van der Waals surface area contributed by atoms with Crippen molar-refractivity contribution in [2.24, 2.45) is 0 Å². The van der Waals surface area contributed by atoms with Crippen LogP contribution in [0.2, 0.25) is 0 Å². The van der Waals surface area contributed by atoms with E-state index in [1.807, 2.05) is 0 Å². The zero-order chi connectivity index (χ0) is 16.1. The van der Waals surface area contributed by atoms with Gasteiger partial charge < -0.3 is 15.0 Å². The van der Waals surface area contributed by atoms with Crippen LogP contribution in [0.4, 0.5) is 5.69 Å². The first-order valence-electron chi connectivity index (χ1n) is 7.42. The Balaban J connectivity index is 2.16. The lowest BCUT2D eigenvalue weighted by atomic mass is 10.1. The summed E-state index contributed by atoms with van der Waals surface area (Å²) in [6.07, 6.45) is 0.380. The molecule has 1 aromatic rings. The number of esters is 1. The van der Waals surface area contributed by atoms with E-state index in [1.54, 1.807) is 36.1 Å². The second-order valence-electron chi connectivity index (χ2n) is 5.11. The molecule has 1 heterocycles. The molecule has 6 nitrogen and oxygen atoms in total. The van der Waals surface area contributed by atoms with Crippen LogP contribution in [0, 0.1) is 0 Å². The number of hydrogen-bond donors (Lipinski definition) is 1. The minimum absolute atomic E-state index is 0.00276. The van der Waals surface area contributed by atoms with E-state index in [1.165, 1.54) is 6.92 Å². The van der Waals surface area contributed by atoms with Gasteiger partial charge in [0, 0.05) is 19.5 Å². The summed E-state index contributed by atoms with van der Waals surface area (Å²) in [6.45, 7) is 4.38. The number of nitrogens with zero attached hydrogens (tertiary/aromatic N) is 1. The minimum atomic E-state index is -0.880. The first-order valence-corrected chi connectivity index (χ1v) is 7.42. The second-order valence-corrected chi connectivity index (χ2v) is 5.11. The molecule has 0 unspecified atom stereocenters. The van der Waals surface area contributed by atoms with E-state index in [0.717, 1.165) is 6.42 Å². The molecule has 0 radical (unpaired) electrons. The molecule has 0 saturated carbocycles. The number of anilines is 1. The summed E-state index contributed by atoms with van der Waals surface area (Å²) in [6, 6.07) is 6.80. The first-order chi connectivity index (χ1) is 10.5. The third kappa shape index (κ3) is 3.44. The Labute approximate surface area is 129 Å². The number of carbonyl (C=O) groups is 3. The topological polar surface area (TPSA) is 75.7 Å². The van der Waals surface area contributed by atoms with Gasteiger partial charge in [0.15, 0.2) is 6.10 Å². The highest BCUT2D eigenvalue weighted by Gasteiger charge is 2.27. The molecule has 0 spiro atoms. The number of benzene rings is 1. The van der Waals surface area contributed by atoms with Gasteiger partial charge in [0.05, 0.1) is 11.3 Å². The Morgan fingerprint density at radius 3 is 2.73 bits per heavy atom. The molecular formula is C16H20N2O4. The summed E-state index contributed by atoms with van der Waals surface area (Å²) in [7, 11) is 0.